The van der Waals surface area contributed by atoms with Crippen molar-refractivity contribution in [2.75, 3.05) is 0 Å². The summed E-state index contributed by atoms with van der Waals surface area (Å²) in [6.07, 6.45) is 1.72. The molecule has 0 spiro atoms. The Labute approximate surface area is 85.3 Å². The summed E-state index contributed by atoms with van der Waals surface area (Å²) in [7, 11) is 0. The second kappa shape index (κ2) is 3.96. The van der Waals surface area contributed by atoms with Crippen LogP contribution < -0.4 is 10.5 Å². The standard InChI is InChI=1S/C11H18N2O/c1-8(12)9-5-6-13-10(7-9)14-11(2,3)4/h5-8H,12H2,1-4H3. The molecule has 78 valence electrons. The molecule has 1 aromatic rings. The summed E-state index contributed by atoms with van der Waals surface area (Å²) in [6, 6.07) is 3.80. The monoisotopic (exact) mass is 194 g/mol. The molecule has 0 aliphatic rings. The van der Waals surface area contributed by atoms with Crippen molar-refractivity contribution in [3.63, 3.8) is 0 Å². The number of ether oxygens (including phenoxy) is 1. The molecule has 2 N–H and O–H groups in total. The van der Waals surface area contributed by atoms with Crippen LogP contribution in [0.5, 0.6) is 5.88 Å². The molecule has 1 rings (SSSR count). The molecule has 0 fully saturated rings. The molecule has 3 heteroatoms. The first-order chi connectivity index (χ1) is 6.38. The van der Waals surface area contributed by atoms with Gasteiger partial charge in [0.2, 0.25) is 5.88 Å². The summed E-state index contributed by atoms with van der Waals surface area (Å²) < 4.78 is 5.63. The largest absolute Gasteiger partial charge is 0.472 e. The molecule has 0 aromatic carbocycles. The van der Waals surface area contributed by atoms with Crippen molar-refractivity contribution < 1.29 is 4.74 Å². The third-order valence-electron chi connectivity index (χ3n) is 1.70. The Balaban J connectivity index is 2.84. The second-order valence-electron chi connectivity index (χ2n) is 4.43. The SMILES string of the molecule is CC(N)c1ccnc(OC(C)(C)C)c1. The van der Waals surface area contributed by atoms with Crippen LogP contribution >= 0.6 is 0 Å². The number of nitrogens with two attached hydrogens (primary N) is 1. The summed E-state index contributed by atoms with van der Waals surface area (Å²) in [5, 5.41) is 0. The minimum absolute atomic E-state index is 0.0142. The molecule has 3 nitrogen and oxygen atoms in total. The van der Waals surface area contributed by atoms with E-state index in [1.54, 1.807) is 6.20 Å². The molecule has 1 aromatic heterocycles. The highest BCUT2D eigenvalue weighted by atomic mass is 16.5. The van der Waals surface area contributed by atoms with Gasteiger partial charge in [-0.05, 0) is 39.3 Å². The van der Waals surface area contributed by atoms with Crippen molar-refractivity contribution in [2.45, 2.75) is 39.3 Å². The predicted octanol–water partition coefficient (Wildman–Crippen LogP) is 2.28. The van der Waals surface area contributed by atoms with Crippen LogP contribution in [0.3, 0.4) is 0 Å². The maximum atomic E-state index is 5.76. The molecular formula is C11H18N2O. The van der Waals surface area contributed by atoms with E-state index in [-0.39, 0.29) is 11.6 Å². The zero-order valence-electron chi connectivity index (χ0n) is 9.24. The molecule has 0 aliphatic carbocycles. The van der Waals surface area contributed by atoms with Crippen molar-refractivity contribution in [3.05, 3.63) is 23.9 Å². The van der Waals surface area contributed by atoms with E-state index in [0.29, 0.717) is 5.88 Å². The molecule has 0 saturated carbocycles. The van der Waals surface area contributed by atoms with Gasteiger partial charge >= 0.3 is 0 Å². The van der Waals surface area contributed by atoms with Crippen molar-refractivity contribution >= 4 is 0 Å². The van der Waals surface area contributed by atoms with Crippen LogP contribution in [0.15, 0.2) is 18.3 Å². The average Bonchev–Trinajstić information content (AvgIpc) is 2.01. The number of nitrogens with zero attached hydrogens (tertiary/aromatic N) is 1. The van der Waals surface area contributed by atoms with Gasteiger partial charge < -0.3 is 10.5 Å². The van der Waals surface area contributed by atoms with Gasteiger partial charge in [-0.15, -0.1) is 0 Å². The summed E-state index contributed by atoms with van der Waals surface area (Å²) in [5.41, 5.74) is 6.59. The predicted molar refractivity (Wildman–Crippen MR) is 57.2 cm³/mol. The van der Waals surface area contributed by atoms with Gasteiger partial charge in [-0.1, -0.05) is 0 Å². The van der Waals surface area contributed by atoms with E-state index in [2.05, 4.69) is 4.98 Å². The van der Waals surface area contributed by atoms with Crippen LogP contribution in [0, 0.1) is 0 Å². The highest BCUT2D eigenvalue weighted by molar-refractivity contribution is 5.23. The summed E-state index contributed by atoms with van der Waals surface area (Å²) in [4.78, 5) is 4.13. The summed E-state index contributed by atoms with van der Waals surface area (Å²) >= 11 is 0. The minimum atomic E-state index is -0.219. The number of aromatic nitrogens is 1. The smallest absolute Gasteiger partial charge is 0.214 e. The quantitative estimate of drug-likeness (QED) is 0.785. The lowest BCUT2D eigenvalue weighted by molar-refractivity contribution is 0.124. The van der Waals surface area contributed by atoms with Crippen molar-refractivity contribution in [1.82, 2.24) is 4.98 Å². The fourth-order valence-electron chi connectivity index (χ4n) is 1.08. The topological polar surface area (TPSA) is 48.1 Å². The molecule has 1 unspecified atom stereocenters. The van der Waals surface area contributed by atoms with Gasteiger partial charge in [-0.3, -0.25) is 0 Å². The van der Waals surface area contributed by atoms with Gasteiger partial charge in [-0.25, -0.2) is 4.98 Å². The highest BCUT2D eigenvalue weighted by Crippen LogP contribution is 2.18. The van der Waals surface area contributed by atoms with E-state index in [0.717, 1.165) is 5.56 Å². The van der Waals surface area contributed by atoms with Crippen LogP contribution in [0.1, 0.15) is 39.3 Å². The number of hydrogen-bond acceptors (Lipinski definition) is 3. The lowest BCUT2D eigenvalue weighted by Crippen LogP contribution is -2.23. The summed E-state index contributed by atoms with van der Waals surface area (Å²) in [5.74, 6) is 0.632. The third kappa shape index (κ3) is 3.34. The molecular weight excluding hydrogens is 176 g/mol. The molecule has 0 aliphatic heterocycles. The van der Waals surface area contributed by atoms with Crippen LogP contribution in [0.4, 0.5) is 0 Å². The van der Waals surface area contributed by atoms with Crippen molar-refractivity contribution in [2.24, 2.45) is 5.73 Å². The first kappa shape index (κ1) is 11.0. The lowest BCUT2D eigenvalue weighted by atomic mass is 10.1. The Morgan fingerprint density at radius 2 is 2.07 bits per heavy atom. The lowest BCUT2D eigenvalue weighted by Gasteiger charge is -2.20. The first-order valence-electron chi connectivity index (χ1n) is 4.79. The van der Waals surface area contributed by atoms with E-state index < -0.39 is 0 Å². The Morgan fingerprint density at radius 1 is 1.43 bits per heavy atom. The van der Waals surface area contributed by atoms with Gasteiger partial charge in [0.05, 0.1) is 0 Å². The molecule has 0 radical (unpaired) electrons. The maximum Gasteiger partial charge on any atom is 0.214 e. The van der Waals surface area contributed by atoms with Crippen LogP contribution in [0.25, 0.3) is 0 Å². The number of rotatable bonds is 2. The van der Waals surface area contributed by atoms with Crippen LogP contribution in [-0.4, -0.2) is 10.6 Å². The number of pyridine rings is 1. The zero-order chi connectivity index (χ0) is 10.8. The minimum Gasteiger partial charge on any atom is -0.472 e. The highest BCUT2D eigenvalue weighted by Gasteiger charge is 2.13. The third-order valence-corrected chi connectivity index (χ3v) is 1.70. The van der Waals surface area contributed by atoms with E-state index in [4.69, 9.17) is 10.5 Å². The Morgan fingerprint density at radius 3 is 2.57 bits per heavy atom. The van der Waals surface area contributed by atoms with Crippen LogP contribution in [0.2, 0.25) is 0 Å². The molecule has 1 heterocycles. The molecule has 0 bridgehead atoms. The van der Waals surface area contributed by atoms with E-state index in [1.807, 2.05) is 39.8 Å². The summed E-state index contributed by atoms with van der Waals surface area (Å²) in [6.45, 7) is 7.92. The normalized spacial score (nSPS) is 13.8. The zero-order valence-corrected chi connectivity index (χ0v) is 9.24. The van der Waals surface area contributed by atoms with Gasteiger partial charge in [-0.2, -0.15) is 0 Å². The van der Waals surface area contributed by atoms with E-state index in [1.165, 1.54) is 0 Å². The van der Waals surface area contributed by atoms with Gasteiger partial charge in [0.15, 0.2) is 0 Å². The van der Waals surface area contributed by atoms with Crippen molar-refractivity contribution in [3.8, 4) is 5.88 Å². The molecule has 14 heavy (non-hydrogen) atoms. The Hall–Kier alpha value is -1.09. The Bertz CT molecular complexity index is 302. The Kier molecular flexibility index (Phi) is 3.11. The average molecular weight is 194 g/mol. The fourth-order valence-corrected chi connectivity index (χ4v) is 1.08. The van der Waals surface area contributed by atoms with Gasteiger partial charge in [0, 0.05) is 18.3 Å². The molecule has 0 saturated heterocycles. The maximum absolute atomic E-state index is 5.76. The van der Waals surface area contributed by atoms with E-state index >= 15 is 0 Å². The van der Waals surface area contributed by atoms with Crippen molar-refractivity contribution in [1.29, 1.82) is 0 Å². The van der Waals surface area contributed by atoms with Gasteiger partial charge in [0.25, 0.3) is 0 Å². The molecule has 0 amide bonds. The first-order valence-corrected chi connectivity index (χ1v) is 4.79. The van der Waals surface area contributed by atoms with E-state index in [9.17, 15) is 0 Å². The van der Waals surface area contributed by atoms with Gasteiger partial charge in [0.1, 0.15) is 5.60 Å². The second-order valence-corrected chi connectivity index (χ2v) is 4.43. The molecule has 1 atom stereocenters. The van der Waals surface area contributed by atoms with Crippen LogP contribution in [-0.2, 0) is 0 Å². The fraction of sp³-hybridized carbons (Fsp3) is 0.545. The number of hydrogen-bond donors (Lipinski definition) is 1.